The molecule has 0 aliphatic rings. The van der Waals surface area contributed by atoms with E-state index in [2.05, 4.69) is 0 Å². The molecule has 0 bridgehead atoms. The molecule has 0 aromatic heterocycles. The smallest absolute Gasteiger partial charge is 1.00 e. The van der Waals surface area contributed by atoms with Crippen LogP contribution in [0.5, 0.6) is 0 Å². The normalized spacial score (nSPS) is 12.4. The second-order valence-electron chi connectivity index (χ2n) is 1.78. The van der Waals surface area contributed by atoms with Gasteiger partial charge in [-0.15, -0.1) is 0 Å². The first-order chi connectivity index (χ1) is 3.81. The molecule has 0 saturated heterocycles. The summed E-state index contributed by atoms with van der Waals surface area (Å²) in [5, 5.41) is 0. The molecule has 0 aromatic rings. The van der Waals surface area contributed by atoms with E-state index in [9.17, 15) is 8.42 Å². The topological polar surface area (TPSA) is 106 Å². The van der Waals surface area contributed by atoms with Crippen LogP contribution >= 0.6 is 0 Å². The van der Waals surface area contributed by atoms with Crippen LogP contribution < -0.4 is 41.0 Å². The van der Waals surface area contributed by atoms with Crippen LogP contribution in [0.1, 0.15) is 14.8 Å². The van der Waals surface area contributed by atoms with Crippen molar-refractivity contribution in [2.24, 2.45) is 11.5 Å². The standard InChI is InChI=1S/C3H10N2O3S.Na.H/c1-2-3(4,5)9(6,7)8;;/h2,4-5H2,1H3,(H,6,7,8);;/q;+1;-1. The second kappa shape index (κ2) is 4.01. The maximum atomic E-state index is 10.2. The zero-order valence-electron chi connectivity index (χ0n) is 7.03. The number of hydrogen-bond acceptors (Lipinski definition) is 4. The summed E-state index contributed by atoms with van der Waals surface area (Å²) in [6, 6.07) is 0. The van der Waals surface area contributed by atoms with Crippen molar-refractivity contribution in [3.63, 3.8) is 0 Å². The van der Waals surface area contributed by atoms with Gasteiger partial charge in [0.2, 0.25) is 0 Å². The molecule has 58 valence electrons. The zero-order chi connectivity index (χ0) is 7.71. The molecule has 0 heterocycles. The number of nitrogens with two attached hydrogens (primary N) is 2. The molecule has 0 radical (unpaired) electrons. The first-order valence-electron chi connectivity index (χ1n) is 2.36. The second-order valence-corrected chi connectivity index (χ2v) is 3.49. The monoisotopic (exact) mass is 178 g/mol. The summed E-state index contributed by atoms with van der Waals surface area (Å²) < 4.78 is 28.6. The van der Waals surface area contributed by atoms with E-state index in [-0.39, 0.29) is 37.4 Å². The molecule has 0 unspecified atom stereocenters. The molecule has 0 spiro atoms. The predicted molar refractivity (Wildman–Crippen MR) is 34.1 cm³/mol. The van der Waals surface area contributed by atoms with E-state index < -0.39 is 15.1 Å². The van der Waals surface area contributed by atoms with Crippen LogP contribution in [-0.2, 0) is 10.1 Å². The molecule has 7 heteroatoms. The molecule has 0 aromatic carbocycles. The van der Waals surface area contributed by atoms with Crippen molar-refractivity contribution in [3.8, 4) is 0 Å². The van der Waals surface area contributed by atoms with Gasteiger partial charge >= 0.3 is 29.6 Å². The van der Waals surface area contributed by atoms with Gasteiger partial charge in [0.1, 0.15) is 0 Å². The van der Waals surface area contributed by atoms with Crippen molar-refractivity contribution >= 4 is 10.1 Å². The summed E-state index contributed by atoms with van der Waals surface area (Å²) in [5.41, 5.74) is 9.87. The quantitative estimate of drug-likeness (QED) is 0.227. The summed E-state index contributed by atoms with van der Waals surface area (Å²) >= 11 is 0. The molecule has 0 rings (SSSR count). The Hall–Kier alpha value is 0.830. The Labute approximate surface area is 83.7 Å². The van der Waals surface area contributed by atoms with Gasteiger partial charge in [0.15, 0.2) is 4.99 Å². The Morgan fingerprint density at radius 1 is 1.60 bits per heavy atom. The SMILES string of the molecule is CCC(N)(N)S(=O)(=O)O.[H-].[Na+]. The molecule has 10 heavy (non-hydrogen) atoms. The van der Waals surface area contributed by atoms with E-state index >= 15 is 0 Å². The third kappa shape index (κ3) is 3.29. The summed E-state index contributed by atoms with van der Waals surface area (Å²) in [4.78, 5) is -1.99. The van der Waals surface area contributed by atoms with Gasteiger partial charge in [0.05, 0.1) is 0 Å². The average molecular weight is 178 g/mol. The van der Waals surface area contributed by atoms with Crippen LogP contribution in [0.25, 0.3) is 0 Å². The van der Waals surface area contributed by atoms with Gasteiger partial charge in [-0.3, -0.25) is 16.0 Å². The minimum atomic E-state index is -4.30. The van der Waals surface area contributed by atoms with Crippen LogP contribution in [0.3, 0.4) is 0 Å². The Bertz CT molecular complexity index is 193. The third-order valence-corrected chi connectivity index (χ3v) is 2.28. The van der Waals surface area contributed by atoms with Crippen LogP contribution in [0.15, 0.2) is 0 Å². The van der Waals surface area contributed by atoms with E-state index in [1.165, 1.54) is 6.92 Å². The van der Waals surface area contributed by atoms with Gasteiger partial charge in [0, 0.05) is 0 Å². The summed E-state index contributed by atoms with van der Waals surface area (Å²) in [7, 11) is -4.30. The molecule has 0 atom stereocenters. The van der Waals surface area contributed by atoms with Crippen molar-refractivity contribution in [3.05, 3.63) is 0 Å². The van der Waals surface area contributed by atoms with E-state index in [0.29, 0.717) is 0 Å². The molecule has 5 N–H and O–H groups in total. The minimum Gasteiger partial charge on any atom is -1.00 e. The zero-order valence-corrected chi connectivity index (χ0v) is 8.85. The minimum absolute atomic E-state index is 0. The van der Waals surface area contributed by atoms with Gasteiger partial charge in [-0.05, 0) is 6.42 Å². The summed E-state index contributed by atoms with van der Waals surface area (Å²) in [5.74, 6) is 0. The van der Waals surface area contributed by atoms with Crippen molar-refractivity contribution < 1.29 is 44.0 Å². The molecule has 0 aliphatic heterocycles. The van der Waals surface area contributed by atoms with Crippen LogP contribution in [-0.4, -0.2) is 18.0 Å². The van der Waals surface area contributed by atoms with Crippen LogP contribution in [0.2, 0.25) is 0 Å². The van der Waals surface area contributed by atoms with Gasteiger partial charge < -0.3 is 1.43 Å². The van der Waals surface area contributed by atoms with Crippen molar-refractivity contribution in [1.82, 2.24) is 0 Å². The molecule has 0 aliphatic carbocycles. The largest absolute Gasteiger partial charge is 1.00 e. The maximum absolute atomic E-state index is 10.2. The van der Waals surface area contributed by atoms with Crippen molar-refractivity contribution in [1.29, 1.82) is 0 Å². The summed E-state index contributed by atoms with van der Waals surface area (Å²) in [6.45, 7) is 1.47. The van der Waals surface area contributed by atoms with Gasteiger partial charge in [-0.1, -0.05) is 6.92 Å². The fourth-order valence-electron chi connectivity index (χ4n) is 0.182. The molecular formula is C3H11N2NaO3S. The molecule has 0 saturated carbocycles. The Morgan fingerprint density at radius 2 is 1.90 bits per heavy atom. The molecule has 5 nitrogen and oxygen atoms in total. The van der Waals surface area contributed by atoms with Crippen molar-refractivity contribution in [2.75, 3.05) is 0 Å². The van der Waals surface area contributed by atoms with Gasteiger partial charge in [-0.25, -0.2) is 0 Å². The fraction of sp³-hybridized carbons (Fsp3) is 1.00. The molecular weight excluding hydrogens is 167 g/mol. The fourth-order valence-corrected chi connectivity index (χ4v) is 0.547. The van der Waals surface area contributed by atoms with E-state index in [1.54, 1.807) is 0 Å². The van der Waals surface area contributed by atoms with E-state index in [1.807, 2.05) is 0 Å². The van der Waals surface area contributed by atoms with Gasteiger partial charge in [-0.2, -0.15) is 8.42 Å². The first-order valence-corrected chi connectivity index (χ1v) is 3.80. The van der Waals surface area contributed by atoms with E-state index in [0.717, 1.165) is 0 Å². The van der Waals surface area contributed by atoms with Crippen LogP contribution in [0.4, 0.5) is 0 Å². The number of rotatable bonds is 2. The summed E-state index contributed by atoms with van der Waals surface area (Å²) in [6.07, 6.45) is -0.0220. The first kappa shape index (κ1) is 13.4. The van der Waals surface area contributed by atoms with Crippen LogP contribution in [0, 0.1) is 0 Å². The maximum Gasteiger partial charge on any atom is 1.00 e. The Morgan fingerprint density at radius 3 is 1.90 bits per heavy atom. The third-order valence-electron chi connectivity index (χ3n) is 1.03. The molecule has 0 fully saturated rings. The van der Waals surface area contributed by atoms with Crippen molar-refractivity contribution in [2.45, 2.75) is 18.3 Å². The van der Waals surface area contributed by atoms with E-state index in [4.69, 9.17) is 16.0 Å². The average Bonchev–Trinajstić information content (AvgIpc) is 1.64. The number of hydrogen-bond donors (Lipinski definition) is 3. The molecule has 0 amide bonds. The van der Waals surface area contributed by atoms with Gasteiger partial charge in [0.25, 0.3) is 10.1 Å². The Kier molecular flexibility index (Phi) is 5.38. The predicted octanol–water partition coefficient (Wildman–Crippen LogP) is -4.03. The Balaban J connectivity index is -0.000000320.